The topological polar surface area (TPSA) is 122 Å². The monoisotopic (exact) mass is 575 g/mol. The SMILES string of the molecule is CCOc1ccc(S(=O)(=O)N(CC(=O)NCCOc2ccc(S(=O)(=O)N(C)C)cc2)c2ccc(C)cc2)cc1. The van der Waals surface area contributed by atoms with Gasteiger partial charge in [-0.3, -0.25) is 9.10 Å². The van der Waals surface area contributed by atoms with Crippen molar-refractivity contribution in [1.82, 2.24) is 9.62 Å². The number of hydrogen-bond acceptors (Lipinski definition) is 7. The van der Waals surface area contributed by atoms with Crippen LogP contribution < -0.4 is 19.1 Å². The van der Waals surface area contributed by atoms with Gasteiger partial charge in [-0.2, -0.15) is 0 Å². The minimum atomic E-state index is -4.06. The molecule has 0 heterocycles. The lowest BCUT2D eigenvalue weighted by Gasteiger charge is -2.24. The Balaban J connectivity index is 1.65. The molecule has 1 N–H and O–H groups in total. The molecule has 0 fully saturated rings. The van der Waals surface area contributed by atoms with Crippen molar-refractivity contribution in [2.75, 3.05) is 44.7 Å². The van der Waals surface area contributed by atoms with Crippen LogP contribution >= 0.6 is 0 Å². The third-order valence-electron chi connectivity index (χ3n) is 5.63. The molecule has 1 amide bonds. The average molecular weight is 576 g/mol. The Labute approximate surface area is 230 Å². The fraction of sp³-hybridized carbons (Fsp3) is 0.296. The predicted octanol–water partition coefficient (Wildman–Crippen LogP) is 3.03. The van der Waals surface area contributed by atoms with Crippen molar-refractivity contribution < 1.29 is 31.1 Å². The van der Waals surface area contributed by atoms with Gasteiger partial charge in [0.25, 0.3) is 10.0 Å². The number of nitrogens with one attached hydrogen (secondary N) is 1. The number of ether oxygens (including phenoxy) is 2. The summed E-state index contributed by atoms with van der Waals surface area (Å²) in [5.41, 5.74) is 1.31. The number of sulfonamides is 2. The van der Waals surface area contributed by atoms with Gasteiger partial charge in [-0.15, -0.1) is 0 Å². The second-order valence-corrected chi connectivity index (χ2v) is 12.7. The van der Waals surface area contributed by atoms with Crippen LogP contribution in [-0.4, -0.2) is 67.4 Å². The van der Waals surface area contributed by atoms with E-state index in [0.29, 0.717) is 23.8 Å². The molecule has 0 spiro atoms. The summed E-state index contributed by atoms with van der Waals surface area (Å²) in [4.78, 5) is 12.9. The Morgan fingerprint density at radius 2 is 1.28 bits per heavy atom. The summed E-state index contributed by atoms with van der Waals surface area (Å²) >= 11 is 0. The van der Waals surface area contributed by atoms with Gasteiger partial charge in [0.2, 0.25) is 15.9 Å². The number of aryl methyl sites for hydroxylation is 1. The normalized spacial score (nSPS) is 11.7. The molecule has 0 aliphatic rings. The lowest BCUT2D eigenvalue weighted by molar-refractivity contribution is -0.119. The van der Waals surface area contributed by atoms with Gasteiger partial charge < -0.3 is 14.8 Å². The molecule has 3 rings (SSSR count). The van der Waals surface area contributed by atoms with Crippen LogP contribution in [0.15, 0.2) is 82.6 Å². The molecule has 0 aliphatic heterocycles. The van der Waals surface area contributed by atoms with Gasteiger partial charge in [0.05, 0.1) is 28.6 Å². The lowest BCUT2D eigenvalue weighted by atomic mass is 10.2. The van der Waals surface area contributed by atoms with Crippen LogP contribution in [0.2, 0.25) is 0 Å². The first-order valence-electron chi connectivity index (χ1n) is 12.2. The summed E-state index contributed by atoms with van der Waals surface area (Å²) < 4.78 is 64.5. The van der Waals surface area contributed by atoms with E-state index in [-0.39, 0.29) is 22.9 Å². The van der Waals surface area contributed by atoms with Crippen LogP contribution in [0.5, 0.6) is 11.5 Å². The highest BCUT2D eigenvalue weighted by molar-refractivity contribution is 7.92. The maximum atomic E-state index is 13.5. The minimum absolute atomic E-state index is 0.0300. The van der Waals surface area contributed by atoms with Crippen molar-refractivity contribution in [3.63, 3.8) is 0 Å². The molecule has 10 nitrogen and oxygen atoms in total. The predicted molar refractivity (Wildman–Crippen MR) is 149 cm³/mol. The van der Waals surface area contributed by atoms with E-state index < -0.39 is 32.5 Å². The van der Waals surface area contributed by atoms with Gasteiger partial charge in [0.15, 0.2) is 0 Å². The number of carbonyl (C=O) groups excluding carboxylic acids is 1. The molecule has 0 atom stereocenters. The molecule has 3 aromatic rings. The highest BCUT2D eigenvalue weighted by Crippen LogP contribution is 2.25. The van der Waals surface area contributed by atoms with E-state index in [0.717, 1.165) is 14.2 Å². The quantitative estimate of drug-likeness (QED) is 0.311. The molecule has 0 saturated carbocycles. The maximum absolute atomic E-state index is 13.5. The van der Waals surface area contributed by atoms with Crippen LogP contribution in [0.4, 0.5) is 5.69 Å². The molecule has 0 aliphatic carbocycles. The van der Waals surface area contributed by atoms with E-state index in [1.807, 2.05) is 13.8 Å². The number of amides is 1. The number of anilines is 1. The van der Waals surface area contributed by atoms with Crippen molar-refractivity contribution in [1.29, 1.82) is 0 Å². The van der Waals surface area contributed by atoms with Crippen molar-refractivity contribution in [3.05, 3.63) is 78.4 Å². The Bertz CT molecular complexity index is 1460. The highest BCUT2D eigenvalue weighted by Gasteiger charge is 2.27. The standard InChI is InChI=1S/C27H33N3O7S2/c1-5-36-23-10-16-26(17-11-23)39(34,35)30(22-8-6-21(2)7-9-22)20-27(31)28-18-19-37-24-12-14-25(15-13-24)38(32,33)29(3)4/h6-17H,5,18-20H2,1-4H3,(H,28,31). The van der Waals surface area contributed by atoms with Gasteiger partial charge in [-0.1, -0.05) is 17.7 Å². The van der Waals surface area contributed by atoms with Crippen molar-refractivity contribution in [2.24, 2.45) is 0 Å². The number of rotatable bonds is 13. The van der Waals surface area contributed by atoms with E-state index in [1.165, 1.54) is 50.5 Å². The minimum Gasteiger partial charge on any atom is -0.494 e. The van der Waals surface area contributed by atoms with Gasteiger partial charge >= 0.3 is 0 Å². The van der Waals surface area contributed by atoms with Crippen molar-refractivity contribution in [2.45, 2.75) is 23.6 Å². The summed E-state index contributed by atoms with van der Waals surface area (Å²) in [6.07, 6.45) is 0. The van der Waals surface area contributed by atoms with Crippen LogP contribution in [0.25, 0.3) is 0 Å². The number of hydrogen-bond donors (Lipinski definition) is 1. The molecule has 3 aromatic carbocycles. The summed E-state index contributed by atoms with van der Waals surface area (Å²) in [6, 6.07) is 18.8. The highest BCUT2D eigenvalue weighted by atomic mass is 32.2. The Morgan fingerprint density at radius 1 is 0.769 bits per heavy atom. The number of nitrogens with zero attached hydrogens (tertiary/aromatic N) is 2. The van der Waals surface area contributed by atoms with Gasteiger partial charge in [0.1, 0.15) is 24.7 Å². The van der Waals surface area contributed by atoms with E-state index in [9.17, 15) is 21.6 Å². The van der Waals surface area contributed by atoms with E-state index in [2.05, 4.69) is 5.32 Å². The molecule has 0 radical (unpaired) electrons. The Hall–Kier alpha value is -3.61. The summed E-state index contributed by atoms with van der Waals surface area (Å²) in [5, 5.41) is 2.67. The lowest BCUT2D eigenvalue weighted by Crippen LogP contribution is -2.41. The molecule has 0 unspecified atom stereocenters. The van der Waals surface area contributed by atoms with Crippen molar-refractivity contribution in [3.8, 4) is 11.5 Å². The smallest absolute Gasteiger partial charge is 0.264 e. The second-order valence-electron chi connectivity index (χ2n) is 8.71. The molecule has 0 bridgehead atoms. The van der Waals surface area contributed by atoms with Gasteiger partial charge in [-0.25, -0.2) is 21.1 Å². The molecule has 39 heavy (non-hydrogen) atoms. The number of benzene rings is 3. The summed E-state index contributed by atoms with van der Waals surface area (Å²) in [7, 11) is -4.70. The van der Waals surface area contributed by atoms with Gasteiger partial charge in [0, 0.05) is 14.1 Å². The van der Waals surface area contributed by atoms with Crippen LogP contribution in [-0.2, 0) is 24.8 Å². The van der Waals surface area contributed by atoms with Crippen LogP contribution in [0.1, 0.15) is 12.5 Å². The molecule has 0 aromatic heterocycles. The van der Waals surface area contributed by atoms with Crippen LogP contribution in [0.3, 0.4) is 0 Å². The maximum Gasteiger partial charge on any atom is 0.264 e. The van der Waals surface area contributed by atoms with E-state index in [4.69, 9.17) is 9.47 Å². The first kappa shape index (κ1) is 29.9. The third kappa shape index (κ3) is 7.71. The fourth-order valence-electron chi connectivity index (χ4n) is 3.49. The summed E-state index contributed by atoms with van der Waals surface area (Å²) in [6.45, 7) is 3.95. The average Bonchev–Trinajstić information content (AvgIpc) is 2.91. The number of carbonyl (C=O) groups is 1. The van der Waals surface area contributed by atoms with Crippen LogP contribution in [0, 0.1) is 6.92 Å². The zero-order chi connectivity index (χ0) is 28.6. The Morgan fingerprint density at radius 3 is 1.79 bits per heavy atom. The molecule has 12 heteroatoms. The second kappa shape index (κ2) is 13.0. The summed E-state index contributed by atoms with van der Waals surface area (Å²) in [5.74, 6) is 0.465. The first-order valence-corrected chi connectivity index (χ1v) is 15.1. The molecular formula is C27H33N3O7S2. The largest absolute Gasteiger partial charge is 0.494 e. The third-order valence-corrected chi connectivity index (χ3v) is 9.24. The molecular weight excluding hydrogens is 542 g/mol. The fourth-order valence-corrected chi connectivity index (χ4v) is 5.81. The van der Waals surface area contributed by atoms with Gasteiger partial charge in [-0.05, 0) is 74.5 Å². The Kier molecular flexibility index (Phi) is 9.95. The van der Waals surface area contributed by atoms with E-state index >= 15 is 0 Å². The van der Waals surface area contributed by atoms with E-state index in [1.54, 1.807) is 36.4 Å². The molecule has 0 saturated heterocycles. The first-order chi connectivity index (χ1) is 18.4. The zero-order valence-electron chi connectivity index (χ0n) is 22.3. The zero-order valence-corrected chi connectivity index (χ0v) is 24.0. The van der Waals surface area contributed by atoms with Crippen molar-refractivity contribution >= 4 is 31.6 Å². The molecule has 210 valence electrons.